The molecule has 1 aliphatic heterocycles. The average Bonchev–Trinajstić information content (AvgIpc) is 2.31. The summed E-state index contributed by atoms with van der Waals surface area (Å²) in [5.74, 6) is 0.939. The quantitative estimate of drug-likeness (QED) is 0.816. The minimum atomic E-state index is 0.243. The van der Waals surface area contributed by atoms with Gasteiger partial charge in [-0.1, -0.05) is 18.6 Å². The lowest BCUT2D eigenvalue weighted by molar-refractivity contribution is 0.152. The summed E-state index contributed by atoms with van der Waals surface area (Å²) < 4.78 is 5.87. The second-order valence-corrected chi connectivity index (χ2v) is 4.12. The summed E-state index contributed by atoms with van der Waals surface area (Å²) in [4.78, 5) is 0. The minimum Gasteiger partial charge on any atom is -0.489 e. The summed E-state index contributed by atoms with van der Waals surface area (Å²) in [5, 5.41) is 3.51. The first-order chi connectivity index (χ1) is 7.36. The summed E-state index contributed by atoms with van der Waals surface area (Å²) in [7, 11) is 0. The second kappa shape index (κ2) is 5.17. The van der Waals surface area contributed by atoms with Gasteiger partial charge in [-0.15, -0.1) is 0 Å². The fraction of sp³-hybridized carbons (Fsp3) is 0.538. The third-order valence-electron chi connectivity index (χ3n) is 2.92. The molecule has 15 heavy (non-hydrogen) atoms. The Balaban J connectivity index is 1.88. The molecule has 2 unspecified atom stereocenters. The van der Waals surface area contributed by atoms with Crippen LogP contribution >= 0.6 is 0 Å². The Bertz CT molecular complexity index is 280. The van der Waals surface area contributed by atoms with Crippen LogP contribution in [0.2, 0.25) is 0 Å². The minimum absolute atomic E-state index is 0.243. The van der Waals surface area contributed by atoms with Crippen molar-refractivity contribution in [1.82, 2.24) is 5.32 Å². The number of ether oxygens (including phenoxy) is 1. The third kappa shape index (κ3) is 2.96. The molecule has 1 heterocycles. The number of hydrogen-bond acceptors (Lipinski definition) is 2. The highest BCUT2D eigenvalue weighted by atomic mass is 16.5. The van der Waals surface area contributed by atoms with Crippen molar-refractivity contribution >= 4 is 0 Å². The second-order valence-electron chi connectivity index (χ2n) is 4.12. The van der Waals surface area contributed by atoms with Gasteiger partial charge in [-0.05, 0) is 44.5 Å². The van der Waals surface area contributed by atoms with Gasteiger partial charge < -0.3 is 10.1 Å². The van der Waals surface area contributed by atoms with Crippen molar-refractivity contribution in [3.63, 3.8) is 0 Å². The van der Waals surface area contributed by atoms with E-state index in [9.17, 15) is 0 Å². The smallest absolute Gasteiger partial charge is 0.119 e. The SMILES string of the molecule is CC(Oc1cc[c]cc1)C1CCCCN1. The number of benzene rings is 1. The highest BCUT2D eigenvalue weighted by Gasteiger charge is 2.20. The first kappa shape index (κ1) is 10.5. The molecule has 0 spiro atoms. The predicted octanol–water partition coefficient (Wildman–Crippen LogP) is 2.40. The highest BCUT2D eigenvalue weighted by Crippen LogP contribution is 2.16. The number of piperidine rings is 1. The Morgan fingerprint density at radius 3 is 2.87 bits per heavy atom. The molecule has 81 valence electrons. The Labute approximate surface area is 91.6 Å². The molecule has 0 saturated carbocycles. The van der Waals surface area contributed by atoms with Crippen molar-refractivity contribution in [2.75, 3.05) is 6.54 Å². The molecule has 1 aromatic rings. The van der Waals surface area contributed by atoms with Crippen LogP contribution in [0.4, 0.5) is 0 Å². The van der Waals surface area contributed by atoms with E-state index in [1.807, 2.05) is 24.3 Å². The van der Waals surface area contributed by atoms with E-state index < -0.39 is 0 Å². The molecular weight excluding hydrogens is 186 g/mol. The highest BCUT2D eigenvalue weighted by molar-refractivity contribution is 5.20. The van der Waals surface area contributed by atoms with Crippen LogP contribution in [0.3, 0.4) is 0 Å². The molecule has 0 aliphatic carbocycles. The first-order valence-corrected chi connectivity index (χ1v) is 5.72. The summed E-state index contributed by atoms with van der Waals surface area (Å²) in [6.45, 7) is 3.26. The van der Waals surface area contributed by atoms with Crippen LogP contribution in [0.25, 0.3) is 0 Å². The monoisotopic (exact) mass is 204 g/mol. The van der Waals surface area contributed by atoms with Crippen LogP contribution in [0.1, 0.15) is 26.2 Å². The predicted molar refractivity (Wildman–Crippen MR) is 61.0 cm³/mol. The summed E-state index contributed by atoms with van der Waals surface area (Å²) >= 11 is 0. The lowest BCUT2D eigenvalue weighted by Gasteiger charge is -2.29. The maximum atomic E-state index is 5.87. The summed E-state index contributed by atoms with van der Waals surface area (Å²) in [6.07, 6.45) is 4.07. The van der Waals surface area contributed by atoms with Crippen molar-refractivity contribution < 1.29 is 4.74 Å². The lowest BCUT2D eigenvalue weighted by Crippen LogP contribution is -2.44. The van der Waals surface area contributed by atoms with Gasteiger partial charge in [0, 0.05) is 6.04 Å². The van der Waals surface area contributed by atoms with Crippen LogP contribution in [-0.2, 0) is 0 Å². The zero-order valence-electron chi connectivity index (χ0n) is 9.20. The Hall–Kier alpha value is -1.02. The van der Waals surface area contributed by atoms with Gasteiger partial charge in [-0.3, -0.25) is 0 Å². The molecule has 2 nitrogen and oxygen atoms in total. The van der Waals surface area contributed by atoms with Crippen LogP contribution < -0.4 is 10.1 Å². The summed E-state index contributed by atoms with van der Waals surface area (Å²) in [5.41, 5.74) is 0. The molecule has 2 atom stereocenters. The molecule has 2 heteroatoms. The van der Waals surface area contributed by atoms with Gasteiger partial charge in [0.1, 0.15) is 11.9 Å². The van der Waals surface area contributed by atoms with Gasteiger partial charge in [-0.2, -0.15) is 0 Å². The fourth-order valence-electron chi connectivity index (χ4n) is 2.03. The molecule has 1 fully saturated rings. The van der Waals surface area contributed by atoms with Crippen molar-refractivity contribution in [2.24, 2.45) is 0 Å². The zero-order valence-corrected chi connectivity index (χ0v) is 9.20. The van der Waals surface area contributed by atoms with Crippen molar-refractivity contribution in [1.29, 1.82) is 0 Å². The van der Waals surface area contributed by atoms with Gasteiger partial charge in [0.15, 0.2) is 0 Å². The van der Waals surface area contributed by atoms with E-state index in [4.69, 9.17) is 4.74 Å². The molecule has 0 amide bonds. The molecule has 0 aromatic heterocycles. The average molecular weight is 204 g/mol. The van der Waals surface area contributed by atoms with Gasteiger partial charge in [0.25, 0.3) is 0 Å². The molecular formula is C13H18NO. The maximum absolute atomic E-state index is 5.87. The molecule has 1 saturated heterocycles. The number of hydrogen-bond donors (Lipinski definition) is 1. The third-order valence-corrected chi connectivity index (χ3v) is 2.92. The molecule has 1 aliphatic rings. The Morgan fingerprint density at radius 2 is 2.20 bits per heavy atom. The van der Waals surface area contributed by atoms with Gasteiger partial charge in [-0.25, -0.2) is 0 Å². The fourth-order valence-corrected chi connectivity index (χ4v) is 2.03. The van der Waals surface area contributed by atoms with Gasteiger partial charge in [0.2, 0.25) is 0 Å². The largest absolute Gasteiger partial charge is 0.489 e. The molecule has 0 bridgehead atoms. The number of nitrogens with one attached hydrogen (secondary N) is 1. The van der Waals surface area contributed by atoms with Crippen LogP contribution in [-0.4, -0.2) is 18.7 Å². The molecule has 1 aromatic carbocycles. The molecule has 1 radical (unpaired) electrons. The standard InChI is InChI=1S/C13H18NO/c1-11(13-9-5-6-10-14-13)15-12-7-3-2-4-8-12/h3-4,7-8,11,13-14H,5-6,9-10H2,1H3. The first-order valence-electron chi connectivity index (χ1n) is 5.72. The van der Waals surface area contributed by atoms with Crippen LogP contribution in [0.15, 0.2) is 24.3 Å². The molecule has 2 rings (SSSR count). The van der Waals surface area contributed by atoms with Crippen molar-refractivity contribution in [3.8, 4) is 5.75 Å². The van der Waals surface area contributed by atoms with Gasteiger partial charge in [0.05, 0.1) is 0 Å². The van der Waals surface area contributed by atoms with Gasteiger partial charge >= 0.3 is 0 Å². The normalized spacial score (nSPS) is 23.4. The maximum Gasteiger partial charge on any atom is 0.119 e. The van der Waals surface area contributed by atoms with E-state index in [1.165, 1.54) is 19.3 Å². The van der Waals surface area contributed by atoms with Crippen LogP contribution in [0.5, 0.6) is 5.75 Å². The topological polar surface area (TPSA) is 21.3 Å². The van der Waals surface area contributed by atoms with E-state index in [1.54, 1.807) is 0 Å². The van der Waals surface area contributed by atoms with Crippen molar-refractivity contribution in [2.45, 2.75) is 38.3 Å². The number of rotatable bonds is 3. The molecule has 1 N–H and O–H groups in total. The Morgan fingerprint density at radius 1 is 1.40 bits per heavy atom. The lowest BCUT2D eigenvalue weighted by atomic mass is 10.0. The van der Waals surface area contributed by atoms with E-state index in [2.05, 4.69) is 18.3 Å². The summed E-state index contributed by atoms with van der Waals surface area (Å²) in [6, 6.07) is 11.2. The van der Waals surface area contributed by atoms with Crippen LogP contribution in [0, 0.1) is 6.07 Å². The zero-order chi connectivity index (χ0) is 10.5. The van der Waals surface area contributed by atoms with E-state index in [-0.39, 0.29) is 6.10 Å². The van der Waals surface area contributed by atoms with E-state index in [0.717, 1.165) is 12.3 Å². The van der Waals surface area contributed by atoms with Crippen molar-refractivity contribution in [3.05, 3.63) is 30.3 Å². The van der Waals surface area contributed by atoms with E-state index in [0.29, 0.717) is 6.04 Å². The Kier molecular flexibility index (Phi) is 3.62. The van der Waals surface area contributed by atoms with E-state index >= 15 is 0 Å².